The normalized spacial score (nSPS) is 16.2. The van der Waals surface area contributed by atoms with Crippen LogP contribution in [0.3, 0.4) is 0 Å². The van der Waals surface area contributed by atoms with E-state index in [9.17, 15) is 8.42 Å². The highest BCUT2D eigenvalue weighted by atomic mass is 127. The van der Waals surface area contributed by atoms with E-state index in [4.69, 9.17) is 0 Å². The molecule has 0 bridgehead atoms. The molecule has 1 aromatic carbocycles. The minimum Gasteiger partial charge on any atom is -0.246 e. The molecule has 1 aliphatic rings. The minimum absolute atomic E-state index is 0.186. The van der Waals surface area contributed by atoms with Crippen molar-refractivity contribution in [1.29, 1.82) is 0 Å². The van der Waals surface area contributed by atoms with Crippen LogP contribution < -0.4 is 4.31 Å². The predicted molar refractivity (Wildman–Crippen MR) is 89.9 cm³/mol. The molecule has 2 rings (SSSR count). The largest absolute Gasteiger partial charge is 0.304 e. The van der Waals surface area contributed by atoms with Gasteiger partial charge < -0.3 is 0 Å². The fourth-order valence-corrected chi connectivity index (χ4v) is 4.02. The summed E-state index contributed by atoms with van der Waals surface area (Å²) < 4.78 is 31.2. The predicted octanol–water partition coefficient (Wildman–Crippen LogP) is 2.62. The molecule has 0 unspecified atom stereocenters. The number of piperidine rings is 1. The highest BCUT2D eigenvalue weighted by molar-refractivity contribution is 14.1. The SMILES string of the molecule is O=S(=O)(N1CCCCC1)N(CC#CI)c1ccccc1. The lowest BCUT2D eigenvalue weighted by atomic mass is 10.2. The molecule has 0 atom stereocenters. The first-order valence-electron chi connectivity index (χ1n) is 6.57. The second kappa shape index (κ2) is 7.29. The van der Waals surface area contributed by atoms with Gasteiger partial charge >= 0.3 is 10.2 Å². The van der Waals surface area contributed by atoms with E-state index >= 15 is 0 Å². The molecule has 1 fully saturated rings. The Morgan fingerprint density at radius 3 is 2.40 bits per heavy atom. The van der Waals surface area contributed by atoms with Crippen LogP contribution in [0, 0.1) is 9.85 Å². The molecule has 1 saturated heterocycles. The second-order valence-corrected chi connectivity index (χ2v) is 6.97. The number of anilines is 1. The van der Waals surface area contributed by atoms with Crippen molar-refractivity contribution in [2.45, 2.75) is 19.3 Å². The van der Waals surface area contributed by atoms with Gasteiger partial charge in [-0.15, -0.1) is 0 Å². The standard InChI is InChI=1S/C14H17IN2O2S/c15-10-7-13-17(14-8-3-1-4-9-14)20(18,19)16-11-5-2-6-12-16/h1,3-4,8-9H,2,5-6,11-13H2. The first-order valence-corrected chi connectivity index (χ1v) is 9.05. The minimum atomic E-state index is -3.49. The van der Waals surface area contributed by atoms with Gasteiger partial charge in [-0.3, -0.25) is 0 Å². The number of hydrogen-bond acceptors (Lipinski definition) is 2. The van der Waals surface area contributed by atoms with E-state index in [2.05, 4.69) is 9.85 Å². The van der Waals surface area contributed by atoms with Crippen molar-refractivity contribution >= 4 is 38.5 Å². The monoisotopic (exact) mass is 404 g/mol. The van der Waals surface area contributed by atoms with Crippen molar-refractivity contribution in [2.75, 3.05) is 23.9 Å². The molecule has 0 aliphatic carbocycles. The topological polar surface area (TPSA) is 40.6 Å². The Balaban J connectivity index is 2.31. The van der Waals surface area contributed by atoms with Gasteiger partial charge in [-0.2, -0.15) is 12.7 Å². The summed E-state index contributed by atoms with van der Waals surface area (Å²) in [6.07, 6.45) is 2.96. The van der Waals surface area contributed by atoms with E-state index in [1.54, 1.807) is 16.4 Å². The summed E-state index contributed by atoms with van der Waals surface area (Å²) >= 11 is 1.93. The van der Waals surface area contributed by atoms with Crippen LogP contribution in [-0.2, 0) is 10.2 Å². The zero-order chi connectivity index (χ0) is 14.4. The maximum absolute atomic E-state index is 12.8. The van der Waals surface area contributed by atoms with Gasteiger partial charge in [-0.25, -0.2) is 4.31 Å². The molecule has 0 saturated carbocycles. The fourth-order valence-electron chi connectivity index (χ4n) is 2.24. The molecule has 0 radical (unpaired) electrons. The van der Waals surface area contributed by atoms with Crippen molar-refractivity contribution in [3.8, 4) is 9.85 Å². The Hall–Kier alpha value is -0.780. The number of para-hydroxylation sites is 1. The average molecular weight is 404 g/mol. The van der Waals surface area contributed by atoms with Crippen LogP contribution in [0.15, 0.2) is 30.3 Å². The lowest BCUT2D eigenvalue weighted by molar-refractivity contribution is 0.345. The molecule has 0 spiro atoms. The highest BCUT2D eigenvalue weighted by Crippen LogP contribution is 2.22. The third-order valence-corrected chi connectivity index (χ3v) is 5.55. The maximum atomic E-state index is 12.8. The molecule has 0 N–H and O–H groups in total. The van der Waals surface area contributed by atoms with E-state index in [-0.39, 0.29) is 6.54 Å². The lowest BCUT2D eigenvalue weighted by Crippen LogP contribution is -2.46. The molecule has 0 amide bonds. The van der Waals surface area contributed by atoms with E-state index in [1.165, 1.54) is 4.31 Å². The zero-order valence-corrected chi connectivity index (χ0v) is 14.1. The smallest absolute Gasteiger partial charge is 0.246 e. The number of benzene rings is 1. The van der Waals surface area contributed by atoms with Crippen molar-refractivity contribution in [3.63, 3.8) is 0 Å². The lowest BCUT2D eigenvalue weighted by Gasteiger charge is -2.32. The van der Waals surface area contributed by atoms with Crippen LogP contribution in [0.1, 0.15) is 19.3 Å². The summed E-state index contributed by atoms with van der Waals surface area (Å²) in [5.41, 5.74) is 0.664. The van der Waals surface area contributed by atoms with Crippen molar-refractivity contribution in [3.05, 3.63) is 30.3 Å². The van der Waals surface area contributed by atoms with Crippen LogP contribution in [0.5, 0.6) is 0 Å². The van der Waals surface area contributed by atoms with Gasteiger partial charge in [0, 0.05) is 35.7 Å². The molecular weight excluding hydrogens is 387 g/mol. The molecule has 1 heterocycles. The van der Waals surface area contributed by atoms with Crippen LogP contribution in [-0.4, -0.2) is 32.4 Å². The van der Waals surface area contributed by atoms with Gasteiger partial charge in [0.2, 0.25) is 0 Å². The molecule has 4 nitrogen and oxygen atoms in total. The molecular formula is C14H17IN2O2S. The van der Waals surface area contributed by atoms with Crippen molar-refractivity contribution < 1.29 is 8.42 Å². The van der Waals surface area contributed by atoms with Gasteiger partial charge in [0.15, 0.2) is 0 Å². The van der Waals surface area contributed by atoms with Crippen LogP contribution in [0.4, 0.5) is 5.69 Å². The summed E-state index contributed by atoms with van der Waals surface area (Å²) in [6.45, 7) is 1.39. The highest BCUT2D eigenvalue weighted by Gasteiger charge is 2.30. The third-order valence-electron chi connectivity index (χ3n) is 3.25. The van der Waals surface area contributed by atoms with E-state index in [0.29, 0.717) is 18.8 Å². The second-order valence-electron chi connectivity index (χ2n) is 4.58. The third kappa shape index (κ3) is 3.65. The Labute approximate surface area is 134 Å². The molecule has 1 aliphatic heterocycles. The van der Waals surface area contributed by atoms with Crippen LogP contribution >= 0.6 is 22.6 Å². The zero-order valence-electron chi connectivity index (χ0n) is 11.1. The number of rotatable bonds is 4. The first kappa shape index (κ1) is 15.6. The Morgan fingerprint density at radius 1 is 1.15 bits per heavy atom. The van der Waals surface area contributed by atoms with Gasteiger partial charge in [0.1, 0.15) is 0 Å². The molecule has 1 aromatic rings. The maximum Gasteiger partial charge on any atom is 0.304 e. The van der Waals surface area contributed by atoms with Gasteiger partial charge in [-0.1, -0.05) is 30.5 Å². The summed E-state index contributed by atoms with van der Waals surface area (Å²) in [5, 5.41) is 0. The van der Waals surface area contributed by atoms with Crippen molar-refractivity contribution in [1.82, 2.24) is 4.31 Å². The quantitative estimate of drug-likeness (QED) is 0.572. The summed E-state index contributed by atoms with van der Waals surface area (Å²) in [5.74, 6) is 2.85. The van der Waals surface area contributed by atoms with Gasteiger partial charge in [-0.05, 0) is 28.9 Å². The Kier molecular flexibility index (Phi) is 5.69. The molecule has 0 aromatic heterocycles. The average Bonchev–Trinajstić information content (AvgIpc) is 2.49. The molecule has 6 heteroatoms. The van der Waals surface area contributed by atoms with Crippen LogP contribution in [0.25, 0.3) is 0 Å². The number of halogens is 1. The number of nitrogens with zero attached hydrogens (tertiary/aromatic N) is 2. The first-order chi connectivity index (χ1) is 9.66. The molecule has 20 heavy (non-hydrogen) atoms. The summed E-state index contributed by atoms with van der Waals surface area (Å²) in [6, 6.07) is 9.16. The summed E-state index contributed by atoms with van der Waals surface area (Å²) in [4.78, 5) is 0. The van der Waals surface area contributed by atoms with E-state index in [1.807, 2.05) is 40.8 Å². The van der Waals surface area contributed by atoms with Gasteiger partial charge in [0.05, 0.1) is 12.2 Å². The van der Waals surface area contributed by atoms with E-state index in [0.717, 1.165) is 19.3 Å². The summed E-state index contributed by atoms with van der Waals surface area (Å²) in [7, 11) is -3.49. The Bertz CT molecular complexity index is 587. The van der Waals surface area contributed by atoms with Gasteiger partial charge in [0.25, 0.3) is 0 Å². The van der Waals surface area contributed by atoms with Crippen LogP contribution in [0.2, 0.25) is 0 Å². The number of hydrogen-bond donors (Lipinski definition) is 0. The van der Waals surface area contributed by atoms with E-state index < -0.39 is 10.2 Å². The Morgan fingerprint density at radius 2 is 1.80 bits per heavy atom. The molecule has 108 valence electrons. The fraction of sp³-hybridized carbons (Fsp3) is 0.429. The van der Waals surface area contributed by atoms with Crippen molar-refractivity contribution in [2.24, 2.45) is 0 Å².